The first-order chi connectivity index (χ1) is 17.0. The number of nitrogens with zero attached hydrogens (tertiary/aromatic N) is 3. The Bertz CT molecular complexity index is 1430. The maximum atomic E-state index is 5.91. The van der Waals surface area contributed by atoms with Gasteiger partial charge in [-0.15, -0.1) is 0 Å². The van der Waals surface area contributed by atoms with Gasteiger partial charge in [0.1, 0.15) is 0 Å². The van der Waals surface area contributed by atoms with Crippen molar-refractivity contribution in [3.05, 3.63) is 101 Å². The third-order valence-corrected chi connectivity index (χ3v) is 7.10. The molecule has 2 aliphatic heterocycles. The van der Waals surface area contributed by atoms with Crippen LogP contribution in [0.5, 0.6) is 11.5 Å². The normalized spacial score (nSPS) is 18.7. The predicted octanol–water partition coefficient (Wildman–Crippen LogP) is 5.70. The molecule has 7 heteroatoms. The van der Waals surface area contributed by atoms with Crippen LogP contribution >= 0.6 is 12.2 Å². The first-order valence-electron chi connectivity index (χ1n) is 11.7. The Labute approximate surface area is 210 Å². The molecule has 176 valence electrons. The summed E-state index contributed by atoms with van der Waals surface area (Å²) in [6.07, 6.45) is 1.83. The zero-order valence-corrected chi connectivity index (χ0v) is 20.7. The van der Waals surface area contributed by atoms with Gasteiger partial charge in [0.05, 0.1) is 17.8 Å². The second kappa shape index (κ2) is 8.43. The van der Waals surface area contributed by atoms with E-state index < -0.39 is 0 Å². The minimum atomic E-state index is -0.111. The summed E-state index contributed by atoms with van der Waals surface area (Å²) >= 11 is 5.91. The lowest BCUT2D eigenvalue weighted by molar-refractivity contribution is 0.174. The maximum Gasteiger partial charge on any atom is 0.231 e. The fourth-order valence-electron chi connectivity index (χ4n) is 5.24. The van der Waals surface area contributed by atoms with E-state index in [1.807, 2.05) is 36.5 Å². The molecular formula is C28H26N4O2S. The van der Waals surface area contributed by atoms with Crippen molar-refractivity contribution in [3.63, 3.8) is 0 Å². The van der Waals surface area contributed by atoms with Crippen molar-refractivity contribution in [1.29, 1.82) is 0 Å². The number of nitrogens with one attached hydrogen (secondary N) is 1. The SMILES string of the molecule is Cc1cccc(-n2c(C)cc(C3C(c4ccccn4)NC(=S)N3c3ccc4c(c3)OCO4)c2C)c1. The number of aromatic nitrogens is 2. The van der Waals surface area contributed by atoms with Gasteiger partial charge in [0.2, 0.25) is 6.79 Å². The van der Waals surface area contributed by atoms with Crippen molar-refractivity contribution in [1.82, 2.24) is 14.9 Å². The van der Waals surface area contributed by atoms with Gasteiger partial charge in [-0.25, -0.2) is 0 Å². The van der Waals surface area contributed by atoms with Gasteiger partial charge in [0.15, 0.2) is 16.6 Å². The standard InChI is InChI=1S/C28H26N4O2S/c1-17-7-6-8-20(13-17)31-18(2)14-22(19(31)3)27-26(23-9-4-5-12-29-23)30-28(35)32(27)21-10-11-24-25(15-21)34-16-33-24/h4-15,26-27H,16H2,1-3H3,(H,30,35). The molecule has 1 saturated heterocycles. The zero-order valence-electron chi connectivity index (χ0n) is 19.9. The van der Waals surface area contributed by atoms with Gasteiger partial charge >= 0.3 is 0 Å². The molecule has 0 spiro atoms. The van der Waals surface area contributed by atoms with Crippen molar-refractivity contribution in [2.75, 3.05) is 11.7 Å². The predicted molar refractivity (Wildman–Crippen MR) is 140 cm³/mol. The third-order valence-electron chi connectivity index (χ3n) is 6.78. The Hall–Kier alpha value is -3.84. The summed E-state index contributed by atoms with van der Waals surface area (Å²) in [6, 6.07) is 22.6. The van der Waals surface area contributed by atoms with Crippen LogP contribution in [0, 0.1) is 20.8 Å². The van der Waals surface area contributed by atoms with Crippen LogP contribution in [0.2, 0.25) is 0 Å². The molecule has 6 rings (SSSR count). The molecular weight excluding hydrogens is 456 g/mol. The molecule has 0 radical (unpaired) electrons. The third kappa shape index (κ3) is 3.63. The number of thiocarbonyl (C=S) groups is 1. The highest BCUT2D eigenvalue weighted by atomic mass is 32.1. The number of hydrogen-bond acceptors (Lipinski definition) is 4. The number of rotatable bonds is 4. The Morgan fingerprint density at radius 2 is 1.77 bits per heavy atom. The van der Waals surface area contributed by atoms with E-state index in [1.54, 1.807) is 0 Å². The number of fused-ring (bicyclic) bond motifs is 1. The maximum absolute atomic E-state index is 5.91. The van der Waals surface area contributed by atoms with E-state index in [4.69, 9.17) is 21.7 Å². The number of pyridine rings is 1. The Balaban J connectivity index is 1.51. The van der Waals surface area contributed by atoms with E-state index in [2.05, 4.69) is 76.9 Å². The molecule has 2 aromatic heterocycles. The number of hydrogen-bond donors (Lipinski definition) is 1. The van der Waals surface area contributed by atoms with E-state index in [9.17, 15) is 0 Å². The fraction of sp³-hybridized carbons (Fsp3) is 0.214. The van der Waals surface area contributed by atoms with Crippen molar-refractivity contribution < 1.29 is 9.47 Å². The molecule has 0 saturated carbocycles. The summed E-state index contributed by atoms with van der Waals surface area (Å²) in [5.41, 5.74) is 7.84. The van der Waals surface area contributed by atoms with Crippen molar-refractivity contribution >= 4 is 23.0 Å². The van der Waals surface area contributed by atoms with Gasteiger partial charge in [0, 0.05) is 35.0 Å². The minimum absolute atomic E-state index is 0.0949. The van der Waals surface area contributed by atoms with E-state index in [1.165, 1.54) is 22.5 Å². The Morgan fingerprint density at radius 1 is 0.914 bits per heavy atom. The number of benzene rings is 2. The van der Waals surface area contributed by atoms with Gasteiger partial charge in [-0.1, -0.05) is 18.2 Å². The summed E-state index contributed by atoms with van der Waals surface area (Å²) in [5, 5.41) is 4.21. The number of aryl methyl sites for hydroxylation is 2. The van der Waals surface area contributed by atoms with E-state index in [0.717, 1.165) is 28.6 Å². The lowest BCUT2D eigenvalue weighted by Gasteiger charge is -2.28. The van der Waals surface area contributed by atoms with Crippen molar-refractivity contribution in [2.45, 2.75) is 32.9 Å². The molecule has 0 bridgehead atoms. The molecule has 2 aliphatic rings. The largest absolute Gasteiger partial charge is 0.454 e. The summed E-state index contributed by atoms with van der Waals surface area (Å²) in [6.45, 7) is 6.69. The first-order valence-corrected chi connectivity index (χ1v) is 12.1. The summed E-state index contributed by atoms with van der Waals surface area (Å²) in [7, 11) is 0. The van der Waals surface area contributed by atoms with Crippen molar-refractivity contribution in [2.24, 2.45) is 0 Å². The zero-order chi connectivity index (χ0) is 24.1. The smallest absolute Gasteiger partial charge is 0.231 e. The van der Waals surface area contributed by atoms with Gasteiger partial charge in [0.25, 0.3) is 0 Å². The monoisotopic (exact) mass is 482 g/mol. The van der Waals surface area contributed by atoms with E-state index >= 15 is 0 Å². The first kappa shape index (κ1) is 21.7. The van der Waals surface area contributed by atoms with E-state index in [-0.39, 0.29) is 18.9 Å². The van der Waals surface area contributed by atoms with Gasteiger partial charge < -0.3 is 24.3 Å². The highest BCUT2D eigenvalue weighted by Gasteiger charge is 2.42. The average molecular weight is 483 g/mol. The summed E-state index contributed by atoms with van der Waals surface area (Å²) < 4.78 is 13.5. The van der Waals surface area contributed by atoms with Crippen LogP contribution in [0.1, 0.15) is 40.3 Å². The van der Waals surface area contributed by atoms with Gasteiger partial charge in [-0.2, -0.15) is 0 Å². The van der Waals surface area contributed by atoms with Gasteiger partial charge in [-0.05, 0) is 86.6 Å². The van der Waals surface area contributed by atoms with Crippen molar-refractivity contribution in [3.8, 4) is 17.2 Å². The number of ether oxygens (including phenoxy) is 2. The number of anilines is 1. The average Bonchev–Trinajstić information content (AvgIpc) is 3.54. The van der Waals surface area contributed by atoms with Gasteiger partial charge in [-0.3, -0.25) is 4.98 Å². The molecule has 2 aromatic carbocycles. The Morgan fingerprint density at radius 3 is 2.57 bits per heavy atom. The lowest BCUT2D eigenvalue weighted by atomic mass is 9.96. The molecule has 1 N–H and O–H groups in total. The highest BCUT2D eigenvalue weighted by molar-refractivity contribution is 7.80. The van der Waals surface area contributed by atoms with Crippen LogP contribution in [0.15, 0.2) is 72.9 Å². The molecule has 35 heavy (non-hydrogen) atoms. The lowest BCUT2D eigenvalue weighted by Crippen LogP contribution is -2.29. The van der Waals surface area contributed by atoms with Crippen LogP contribution in [0.4, 0.5) is 5.69 Å². The fourth-order valence-corrected chi connectivity index (χ4v) is 5.58. The van der Waals surface area contributed by atoms with E-state index in [0.29, 0.717) is 5.11 Å². The van der Waals surface area contributed by atoms with Crippen LogP contribution in [-0.4, -0.2) is 21.5 Å². The quantitative estimate of drug-likeness (QED) is 0.377. The van der Waals surface area contributed by atoms with Crippen LogP contribution in [0.25, 0.3) is 5.69 Å². The minimum Gasteiger partial charge on any atom is -0.454 e. The molecule has 2 atom stereocenters. The van der Waals surface area contributed by atoms with Crippen LogP contribution in [-0.2, 0) is 0 Å². The second-order valence-electron chi connectivity index (χ2n) is 9.04. The molecule has 0 amide bonds. The summed E-state index contributed by atoms with van der Waals surface area (Å²) in [4.78, 5) is 6.86. The summed E-state index contributed by atoms with van der Waals surface area (Å²) in [5.74, 6) is 1.48. The molecule has 6 nitrogen and oxygen atoms in total. The second-order valence-corrected chi connectivity index (χ2v) is 9.42. The molecule has 1 fully saturated rings. The molecule has 2 unspecified atom stereocenters. The Kier molecular flexibility index (Phi) is 5.22. The van der Waals surface area contributed by atoms with Crippen LogP contribution < -0.4 is 19.7 Å². The molecule has 4 aromatic rings. The molecule has 4 heterocycles. The van der Waals surface area contributed by atoms with Crippen LogP contribution in [0.3, 0.4) is 0 Å². The highest BCUT2D eigenvalue weighted by Crippen LogP contribution is 2.46. The topological polar surface area (TPSA) is 51.6 Å². The molecule has 0 aliphatic carbocycles.